The first-order valence-electron chi connectivity index (χ1n) is 14.7. The quantitative estimate of drug-likeness (QED) is 0.419. The number of carbonyl (C=O) groups excluding carboxylic acids is 2. The summed E-state index contributed by atoms with van der Waals surface area (Å²) in [5, 5.41) is 3.24. The lowest BCUT2D eigenvalue weighted by Crippen LogP contribution is -2.60. The summed E-state index contributed by atoms with van der Waals surface area (Å²) in [5.41, 5.74) is 0.980. The van der Waals surface area contributed by atoms with Crippen molar-refractivity contribution >= 4 is 24.3 Å². The zero-order valence-electron chi connectivity index (χ0n) is 23.6. The second-order valence-electron chi connectivity index (χ2n) is 12.4. The van der Waals surface area contributed by atoms with Crippen LogP contribution in [0.15, 0.2) is 30.3 Å². The Labute approximate surface area is 238 Å². The molecule has 0 aromatic heterocycles. The van der Waals surface area contributed by atoms with Gasteiger partial charge in [0, 0.05) is 56.5 Å². The highest BCUT2D eigenvalue weighted by Crippen LogP contribution is 2.47. The molecule has 1 aliphatic carbocycles. The lowest BCUT2D eigenvalue weighted by atomic mass is 9.81. The summed E-state index contributed by atoms with van der Waals surface area (Å²) in [6.45, 7) is 8.78. The van der Waals surface area contributed by atoms with Gasteiger partial charge in [-0.05, 0) is 71.3 Å². The minimum absolute atomic E-state index is 0. The fourth-order valence-corrected chi connectivity index (χ4v) is 7.85. The summed E-state index contributed by atoms with van der Waals surface area (Å²) in [6.07, 6.45) is 5.18. The fourth-order valence-electron chi connectivity index (χ4n) is 7.85. The van der Waals surface area contributed by atoms with E-state index in [1.807, 2.05) is 35.2 Å². The predicted molar refractivity (Wildman–Crippen MR) is 151 cm³/mol. The maximum atomic E-state index is 13.7. The molecule has 5 rings (SSSR count). The number of urea groups is 1. The SMILES string of the molecule is CCN1CC2(CC3CCC(C2)N3CC[C@H](NC(=O)C2CCC(F)(F)CC2)c2ccccc2)N(C(C)C)C1=O.Cl. The van der Waals surface area contributed by atoms with Crippen LogP contribution in [-0.4, -0.2) is 75.9 Å². The van der Waals surface area contributed by atoms with Crippen LogP contribution in [-0.2, 0) is 4.79 Å². The normalized spacial score (nSPS) is 29.6. The summed E-state index contributed by atoms with van der Waals surface area (Å²) < 4.78 is 27.3. The molecular formula is C30H45ClF2N4O2. The van der Waals surface area contributed by atoms with Gasteiger partial charge in [0.25, 0.3) is 0 Å². The summed E-state index contributed by atoms with van der Waals surface area (Å²) >= 11 is 0. The number of nitrogens with zero attached hydrogens (tertiary/aromatic N) is 3. The highest BCUT2D eigenvalue weighted by atomic mass is 35.5. The Morgan fingerprint density at radius 1 is 1.05 bits per heavy atom. The molecule has 9 heteroatoms. The molecule has 4 aliphatic rings. The average molecular weight is 567 g/mol. The summed E-state index contributed by atoms with van der Waals surface area (Å²) in [6, 6.07) is 11.1. The van der Waals surface area contributed by atoms with Gasteiger partial charge in [-0.15, -0.1) is 12.4 Å². The Bertz CT molecular complexity index is 986. The molecule has 3 saturated heterocycles. The lowest BCUT2D eigenvalue weighted by molar-refractivity contribution is -0.130. The first-order chi connectivity index (χ1) is 18.1. The number of carbonyl (C=O) groups is 2. The number of halogens is 3. The third-order valence-electron chi connectivity index (χ3n) is 9.66. The third-order valence-corrected chi connectivity index (χ3v) is 9.66. The van der Waals surface area contributed by atoms with Crippen molar-refractivity contribution in [1.82, 2.24) is 20.0 Å². The van der Waals surface area contributed by atoms with E-state index in [0.29, 0.717) is 12.1 Å². The summed E-state index contributed by atoms with van der Waals surface area (Å²) in [5.74, 6) is -3.06. The summed E-state index contributed by atoms with van der Waals surface area (Å²) in [4.78, 5) is 33.1. The zero-order valence-corrected chi connectivity index (χ0v) is 24.4. The third kappa shape index (κ3) is 6.07. The number of amides is 3. The van der Waals surface area contributed by atoms with Crippen molar-refractivity contribution in [3.05, 3.63) is 35.9 Å². The molecule has 1 aromatic rings. The standard InChI is InChI=1S/C30H44F2N4O2.ClH/c1-4-34-20-29(36(21(2)3)28(34)38)18-24-10-11-25(19-29)35(24)17-14-26(22-8-6-5-7-9-22)33-27(37)23-12-15-30(31,32)16-13-23;/h5-9,21,23-26H,4,10-20H2,1-3H3,(H,33,37);1H/t24?,25?,26-,29?;/m0./s1. The number of nitrogens with one attached hydrogen (secondary N) is 1. The predicted octanol–water partition coefficient (Wildman–Crippen LogP) is 6.01. The van der Waals surface area contributed by atoms with E-state index in [4.69, 9.17) is 0 Å². The van der Waals surface area contributed by atoms with Gasteiger partial charge >= 0.3 is 6.03 Å². The molecule has 6 nitrogen and oxygen atoms in total. The van der Waals surface area contributed by atoms with Gasteiger partial charge in [0.05, 0.1) is 11.6 Å². The minimum atomic E-state index is -2.64. The molecule has 3 atom stereocenters. The first-order valence-corrected chi connectivity index (χ1v) is 14.7. The van der Waals surface area contributed by atoms with Crippen molar-refractivity contribution in [1.29, 1.82) is 0 Å². The van der Waals surface area contributed by atoms with E-state index in [1.54, 1.807) is 0 Å². The van der Waals surface area contributed by atoms with Crippen molar-refractivity contribution in [3.63, 3.8) is 0 Å². The van der Waals surface area contributed by atoms with Crippen LogP contribution in [0.2, 0.25) is 0 Å². The molecule has 4 fully saturated rings. The van der Waals surface area contributed by atoms with Crippen LogP contribution in [0.4, 0.5) is 13.6 Å². The zero-order chi connectivity index (χ0) is 27.1. The molecule has 2 unspecified atom stereocenters. The molecule has 3 heterocycles. The van der Waals surface area contributed by atoms with Crippen LogP contribution in [0.5, 0.6) is 0 Å². The van der Waals surface area contributed by atoms with Gasteiger partial charge in [-0.2, -0.15) is 0 Å². The molecule has 1 aromatic carbocycles. The van der Waals surface area contributed by atoms with E-state index in [1.165, 1.54) is 0 Å². The monoisotopic (exact) mass is 566 g/mol. The van der Waals surface area contributed by atoms with E-state index in [0.717, 1.165) is 57.3 Å². The smallest absolute Gasteiger partial charge is 0.320 e. The Balaban J connectivity index is 0.00000353. The number of hydrogen-bond donors (Lipinski definition) is 1. The molecule has 1 spiro atoms. The number of hydrogen-bond acceptors (Lipinski definition) is 3. The Morgan fingerprint density at radius 2 is 1.67 bits per heavy atom. The molecule has 3 aliphatic heterocycles. The van der Waals surface area contributed by atoms with Gasteiger partial charge in [0.15, 0.2) is 0 Å². The first kappa shape index (κ1) is 30.0. The van der Waals surface area contributed by atoms with Gasteiger partial charge < -0.3 is 15.1 Å². The van der Waals surface area contributed by atoms with Crippen molar-refractivity contribution in [2.45, 2.75) is 114 Å². The second-order valence-corrected chi connectivity index (χ2v) is 12.4. The van der Waals surface area contributed by atoms with E-state index >= 15 is 0 Å². The number of piperidine rings is 1. The molecule has 1 N–H and O–H groups in total. The Morgan fingerprint density at radius 3 is 2.23 bits per heavy atom. The highest BCUT2D eigenvalue weighted by molar-refractivity contribution is 5.85. The van der Waals surface area contributed by atoms with E-state index in [-0.39, 0.29) is 73.6 Å². The van der Waals surface area contributed by atoms with Crippen LogP contribution in [0.25, 0.3) is 0 Å². The number of alkyl halides is 2. The van der Waals surface area contributed by atoms with Gasteiger partial charge in [-0.1, -0.05) is 30.3 Å². The maximum Gasteiger partial charge on any atom is 0.320 e. The summed E-state index contributed by atoms with van der Waals surface area (Å²) in [7, 11) is 0. The molecule has 218 valence electrons. The largest absolute Gasteiger partial charge is 0.349 e. The fraction of sp³-hybridized carbons (Fsp3) is 0.733. The minimum Gasteiger partial charge on any atom is -0.349 e. The van der Waals surface area contributed by atoms with Gasteiger partial charge in [-0.25, -0.2) is 13.6 Å². The number of rotatable bonds is 8. The van der Waals surface area contributed by atoms with Gasteiger partial charge in [0.2, 0.25) is 11.8 Å². The van der Waals surface area contributed by atoms with Crippen molar-refractivity contribution in [2.75, 3.05) is 19.6 Å². The van der Waals surface area contributed by atoms with E-state index < -0.39 is 5.92 Å². The van der Waals surface area contributed by atoms with Crippen LogP contribution >= 0.6 is 12.4 Å². The number of benzene rings is 1. The van der Waals surface area contributed by atoms with Crippen LogP contribution in [0, 0.1) is 5.92 Å². The molecule has 2 bridgehead atoms. The van der Waals surface area contributed by atoms with E-state index in [2.05, 4.69) is 35.9 Å². The molecule has 0 radical (unpaired) electrons. The number of likely N-dealkylation sites (N-methyl/N-ethyl adjacent to an activating group) is 1. The van der Waals surface area contributed by atoms with Crippen molar-refractivity contribution in [2.24, 2.45) is 5.92 Å². The number of fused-ring (bicyclic) bond motifs is 2. The Hall–Kier alpha value is -1.93. The highest BCUT2D eigenvalue weighted by Gasteiger charge is 2.57. The van der Waals surface area contributed by atoms with Crippen LogP contribution in [0.1, 0.15) is 90.2 Å². The maximum absolute atomic E-state index is 13.7. The average Bonchev–Trinajstić information content (AvgIpc) is 3.30. The Kier molecular flexibility index (Phi) is 9.16. The lowest BCUT2D eigenvalue weighted by Gasteiger charge is -2.49. The van der Waals surface area contributed by atoms with Gasteiger partial charge in [-0.3, -0.25) is 9.69 Å². The second kappa shape index (κ2) is 11.9. The van der Waals surface area contributed by atoms with Gasteiger partial charge in [0.1, 0.15) is 0 Å². The molecule has 39 heavy (non-hydrogen) atoms. The molecule has 3 amide bonds. The van der Waals surface area contributed by atoms with Crippen molar-refractivity contribution in [3.8, 4) is 0 Å². The van der Waals surface area contributed by atoms with Crippen molar-refractivity contribution < 1.29 is 18.4 Å². The van der Waals surface area contributed by atoms with E-state index in [9.17, 15) is 18.4 Å². The van der Waals surface area contributed by atoms with Crippen LogP contribution in [0.3, 0.4) is 0 Å². The van der Waals surface area contributed by atoms with Crippen LogP contribution < -0.4 is 5.32 Å². The molecular weight excluding hydrogens is 522 g/mol. The topological polar surface area (TPSA) is 55.9 Å². The molecule has 1 saturated carbocycles.